The zero-order chi connectivity index (χ0) is 19.3. The molecule has 0 amide bonds. The number of hydrogen-bond acceptors (Lipinski definition) is 3. The third-order valence-corrected chi connectivity index (χ3v) is 3.38. The maximum absolute atomic E-state index is 12.1. The predicted octanol–water partition coefficient (Wildman–Crippen LogP) is 3.50. The van der Waals surface area contributed by atoms with Gasteiger partial charge >= 0.3 is 6.36 Å². The third-order valence-electron chi connectivity index (χ3n) is 3.38. The summed E-state index contributed by atoms with van der Waals surface area (Å²) in [5.74, 6) is 0.525. The maximum atomic E-state index is 12.1. The van der Waals surface area contributed by atoms with Crippen LogP contribution in [0, 0.1) is 0 Å². The Hall–Kier alpha value is -1.96. The highest BCUT2D eigenvalue weighted by molar-refractivity contribution is 5.79. The SMILES string of the molecule is CCNC(=NCCCCOCC)NCCc1ccc(OC(F)(F)F)cc1. The van der Waals surface area contributed by atoms with Gasteiger partial charge < -0.3 is 20.1 Å². The summed E-state index contributed by atoms with van der Waals surface area (Å²) in [6.07, 6.45) is -2.07. The molecule has 0 atom stereocenters. The second-order valence-electron chi connectivity index (χ2n) is 5.53. The van der Waals surface area contributed by atoms with Crippen LogP contribution in [-0.2, 0) is 11.2 Å². The Morgan fingerprint density at radius 1 is 1.08 bits per heavy atom. The molecule has 0 aliphatic rings. The normalized spacial score (nSPS) is 12.1. The summed E-state index contributed by atoms with van der Waals surface area (Å²) < 4.78 is 45.5. The van der Waals surface area contributed by atoms with Crippen LogP contribution >= 0.6 is 0 Å². The molecule has 0 aliphatic heterocycles. The molecule has 1 aromatic carbocycles. The van der Waals surface area contributed by atoms with E-state index in [2.05, 4.69) is 20.4 Å². The van der Waals surface area contributed by atoms with E-state index < -0.39 is 6.36 Å². The van der Waals surface area contributed by atoms with Crippen molar-refractivity contribution in [2.45, 2.75) is 39.5 Å². The first-order valence-electron chi connectivity index (χ1n) is 8.89. The van der Waals surface area contributed by atoms with Crippen molar-refractivity contribution in [1.82, 2.24) is 10.6 Å². The third kappa shape index (κ3) is 10.8. The molecule has 0 unspecified atom stereocenters. The second kappa shape index (κ2) is 12.4. The minimum Gasteiger partial charge on any atom is -0.406 e. The Morgan fingerprint density at radius 2 is 1.81 bits per heavy atom. The highest BCUT2D eigenvalue weighted by Gasteiger charge is 2.30. The number of aliphatic imine (C=N–C) groups is 1. The molecule has 148 valence electrons. The lowest BCUT2D eigenvalue weighted by Crippen LogP contribution is -2.38. The van der Waals surface area contributed by atoms with Gasteiger partial charge in [0.2, 0.25) is 0 Å². The number of hydrogen-bond donors (Lipinski definition) is 2. The summed E-state index contributed by atoms with van der Waals surface area (Å²) in [7, 11) is 0. The maximum Gasteiger partial charge on any atom is 0.573 e. The summed E-state index contributed by atoms with van der Waals surface area (Å²) in [5.41, 5.74) is 0.916. The molecule has 0 saturated heterocycles. The lowest BCUT2D eigenvalue weighted by atomic mass is 10.1. The van der Waals surface area contributed by atoms with Gasteiger partial charge in [0.1, 0.15) is 5.75 Å². The van der Waals surface area contributed by atoms with E-state index in [1.54, 1.807) is 12.1 Å². The molecule has 8 heteroatoms. The predicted molar refractivity (Wildman–Crippen MR) is 96.5 cm³/mol. The molecule has 1 rings (SSSR count). The smallest absolute Gasteiger partial charge is 0.406 e. The first-order valence-corrected chi connectivity index (χ1v) is 8.89. The van der Waals surface area contributed by atoms with Crippen LogP contribution in [0.5, 0.6) is 5.75 Å². The number of unbranched alkanes of at least 4 members (excludes halogenated alkanes) is 1. The van der Waals surface area contributed by atoms with Crippen molar-refractivity contribution < 1.29 is 22.6 Å². The van der Waals surface area contributed by atoms with E-state index in [1.807, 2.05) is 13.8 Å². The summed E-state index contributed by atoms with van der Waals surface area (Å²) in [6, 6.07) is 5.89. The zero-order valence-electron chi connectivity index (χ0n) is 15.4. The van der Waals surface area contributed by atoms with E-state index in [9.17, 15) is 13.2 Å². The molecule has 0 aromatic heterocycles. The van der Waals surface area contributed by atoms with Gasteiger partial charge in [-0.3, -0.25) is 4.99 Å². The summed E-state index contributed by atoms with van der Waals surface area (Å²) in [5, 5.41) is 6.39. The molecule has 0 saturated carbocycles. The number of nitrogens with zero attached hydrogens (tertiary/aromatic N) is 1. The summed E-state index contributed by atoms with van der Waals surface area (Å²) >= 11 is 0. The topological polar surface area (TPSA) is 54.9 Å². The van der Waals surface area contributed by atoms with Crippen molar-refractivity contribution in [2.24, 2.45) is 4.99 Å². The number of nitrogens with one attached hydrogen (secondary N) is 2. The van der Waals surface area contributed by atoms with E-state index >= 15 is 0 Å². The first-order chi connectivity index (χ1) is 12.4. The van der Waals surface area contributed by atoms with Crippen LogP contribution in [0.15, 0.2) is 29.3 Å². The van der Waals surface area contributed by atoms with Crippen molar-refractivity contribution in [2.75, 3.05) is 32.8 Å². The monoisotopic (exact) mass is 375 g/mol. The van der Waals surface area contributed by atoms with Gasteiger partial charge in [-0.05, 0) is 50.8 Å². The summed E-state index contributed by atoms with van der Waals surface area (Å²) in [6.45, 7) is 7.55. The van der Waals surface area contributed by atoms with Gasteiger partial charge in [-0.15, -0.1) is 13.2 Å². The fourth-order valence-electron chi connectivity index (χ4n) is 2.18. The van der Waals surface area contributed by atoms with Gasteiger partial charge in [0.25, 0.3) is 0 Å². The number of ether oxygens (including phenoxy) is 2. The Morgan fingerprint density at radius 3 is 2.42 bits per heavy atom. The first kappa shape index (κ1) is 22.1. The average Bonchev–Trinajstić information content (AvgIpc) is 2.58. The van der Waals surface area contributed by atoms with Gasteiger partial charge in [-0.25, -0.2) is 0 Å². The Labute approximate surface area is 153 Å². The summed E-state index contributed by atoms with van der Waals surface area (Å²) in [4.78, 5) is 4.49. The lowest BCUT2D eigenvalue weighted by molar-refractivity contribution is -0.274. The van der Waals surface area contributed by atoms with E-state index in [-0.39, 0.29) is 5.75 Å². The van der Waals surface area contributed by atoms with Crippen LogP contribution in [0.2, 0.25) is 0 Å². The highest BCUT2D eigenvalue weighted by atomic mass is 19.4. The van der Waals surface area contributed by atoms with Gasteiger partial charge in [-0.2, -0.15) is 0 Å². The fourth-order valence-corrected chi connectivity index (χ4v) is 2.18. The molecule has 2 N–H and O–H groups in total. The molecule has 0 aliphatic carbocycles. The second-order valence-corrected chi connectivity index (χ2v) is 5.53. The van der Waals surface area contributed by atoms with Crippen molar-refractivity contribution in [1.29, 1.82) is 0 Å². The molecule has 0 bridgehead atoms. The van der Waals surface area contributed by atoms with Gasteiger partial charge in [0.05, 0.1) is 0 Å². The molecular formula is C18H28F3N3O2. The highest BCUT2D eigenvalue weighted by Crippen LogP contribution is 2.22. The molecule has 26 heavy (non-hydrogen) atoms. The zero-order valence-corrected chi connectivity index (χ0v) is 15.4. The number of guanidine groups is 1. The number of rotatable bonds is 11. The van der Waals surface area contributed by atoms with Crippen LogP contribution < -0.4 is 15.4 Å². The van der Waals surface area contributed by atoms with Gasteiger partial charge in [-0.1, -0.05) is 12.1 Å². The Kier molecular flexibility index (Phi) is 10.5. The number of benzene rings is 1. The van der Waals surface area contributed by atoms with Crippen LogP contribution in [0.4, 0.5) is 13.2 Å². The number of alkyl halides is 3. The Bertz CT molecular complexity index is 519. The van der Waals surface area contributed by atoms with Crippen LogP contribution in [0.25, 0.3) is 0 Å². The van der Waals surface area contributed by atoms with Crippen molar-refractivity contribution in [3.05, 3.63) is 29.8 Å². The lowest BCUT2D eigenvalue weighted by Gasteiger charge is -2.12. The Balaban J connectivity index is 2.35. The quantitative estimate of drug-likeness (QED) is 0.353. The van der Waals surface area contributed by atoms with Crippen molar-refractivity contribution in [3.63, 3.8) is 0 Å². The minimum absolute atomic E-state index is 0.212. The molecular weight excluding hydrogens is 347 g/mol. The standard InChI is InChI=1S/C18H28F3N3O2/c1-3-22-17(23-12-5-6-14-25-4-2)24-13-11-15-7-9-16(10-8-15)26-18(19,20)21/h7-10H,3-6,11-14H2,1-2H3,(H2,22,23,24). The molecule has 0 radical (unpaired) electrons. The van der Waals surface area contributed by atoms with E-state index in [0.717, 1.165) is 44.1 Å². The van der Waals surface area contributed by atoms with E-state index in [1.165, 1.54) is 12.1 Å². The fraction of sp³-hybridized carbons (Fsp3) is 0.611. The van der Waals surface area contributed by atoms with Crippen LogP contribution in [-0.4, -0.2) is 45.2 Å². The van der Waals surface area contributed by atoms with Gasteiger partial charge in [0.15, 0.2) is 5.96 Å². The van der Waals surface area contributed by atoms with Crippen molar-refractivity contribution >= 4 is 5.96 Å². The minimum atomic E-state index is -4.66. The number of halogens is 3. The molecule has 1 aromatic rings. The van der Waals surface area contributed by atoms with E-state index in [4.69, 9.17) is 4.74 Å². The van der Waals surface area contributed by atoms with Crippen molar-refractivity contribution in [3.8, 4) is 5.75 Å². The average molecular weight is 375 g/mol. The van der Waals surface area contributed by atoms with Gasteiger partial charge in [0, 0.05) is 32.8 Å². The molecule has 0 heterocycles. The van der Waals surface area contributed by atoms with E-state index in [0.29, 0.717) is 19.5 Å². The van der Waals surface area contributed by atoms with Crippen LogP contribution in [0.1, 0.15) is 32.3 Å². The molecule has 0 fully saturated rings. The van der Waals surface area contributed by atoms with Crippen LogP contribution in [0.3, 0.4) is 0 Å². The largest absolute Gasteiger partial charge is 0.573 e. The molecule has 5 nitrogen and oxygen atoms in total. The molecule has 0 spiro atoms.